The highest BCUT2D eigenvalue weighted by Gasteiger charge is 2.28. The first-order chi connectivity index (χ1) is 8.22. The highest BCUT2D eigenvalue weighted by molar-refractivity contribution is 5.30. The van der Waals surface area contributed by atoms with Gasteiger partial charge in [-0.3, -0.25) is 0 Å². The van der Waals surface area contributed by atoms with E-state index in [1.54, 1.807) is 7.11 Å². The number of hydrogen-bond donors (Lipinski definition) is 1. The average molecular weight is 233 g/mol. The predicted octanol–water partition coefficient (Wildman–Crippen LogP) is 3.32. The van der Waals surface area contributed by atoms with Gasteiger partial charge < -0.3 is 10.5 Å². The van der Waals surface area contributed by atoms with Crippen LogP contribution < -0.4 is 10.5 Å². The van der Waals surface area contributed by atoms with Gasteiger partial charge in [-0.2, -0.15) is 0 Å². The summed E-state index contributed by atoms with van der Waals surface area (Å²) >= 11 is 0. The molecule has 0 aromatic heterocycles. The summed E-state index contributed by atoms with van der Waals surface area (Å²) in [5.41, 5.74) is 7.55. The van der Waals surface area contributed by atoms with E-state index in [0.29, 0.717) is 17.9 Å². The van der Waals surface area contributed by atoms with Crippen molar-refractivity contribution in [3.05, 3.63) is 29.8 Å². The van der Waals surface area contributed by atoms with Crippen molar-refractivity contribution in [1.29, 1.82) is 0 Å². The van der Waals surface area contributed by atoms with Crippen LogP contribution in [-0.4, -0.2) is 13.2 Å². The van der Waals surface area contributed by atoms with E-state index >= 15 is 0 Å². The molecule has 2 nitrogen and oxygen atoms in total. The van der Waals surface area contributed by atoms with E-state index in [2.05, 4.69) is 31.2 Å². The lowest BCUT2D eigenvalue weighted by atomic mass is 9.72. The molecular weight excluding hydrogens is 210 g/mol. The molecule has 3 atom stereocenters. The Labute approximate surface area is 104 Å². The topological polar surface area (TPSA) is 35.2 Å². The van der Waals surface area contributed by atoms with Crippen molar-refractivity contribution >= 4 is 0 Å². The van der Waals surface area contributed by atoms with E-state index in [1.165, 1.54) is 31.2 Å². The molecule has 0 spiro atoms. The summed E-state index contributed by atoms with van der Waals surface area (Å²) in [4.78, 5) is 0. The third-order valence-electron chi connectivity index (χ3n) is 4.04. The molecule has 1 aromatic carbocycles. The highest BCUT2D eigenvalue weighted by atomic mass is 16.5. The lowest BCUT2D eigenvalue weighted by Crippen LogP contribution is -2.33. The molecule has 2 rings (SSSR count). The van der Waals surface area contributed by atoms with Crippen LogP contribution in [0.4, 0.5) is 0 Å². The zero-order valence-electron chi connectivity index (χ0n) is 10.9. The van der Waals surface area contributed by atoms with Crippen LogP contribution in [0.1, 0.15) is 44.1 Å². The molecule has 2 N–H and O–H groups in total. The Balaban J connectivity index is 2.17. The Morgan fingerprint density at radius 3 is 2.41 bits per heavy atom. The number of methoxy groups -OCH3 is 1. The first-order valence-corrected chi connectivity index (χ1v) is 6.62. The Morgan fingerprint density at radius 2 is 1.82 bits per heavy atom. The van der Waals surface area contributed by atoms with Crippen LogP contribution in [-0.2, 0) is 0 Å². The Kier molecular flexibility index (Phi) is 4.06. The first kappa shape index (κ1) is 12.4. The fourth-order valence-corrected chi connectivity index (χ4v) is 3.05. The molecule has 94 valence electrons. The maximum atomic E-state index is 6.13. The number of ether oxygens (including phenoxy) is 1. The summed E-state index contributed by atoms with van der Waals surface area (Å²) in [5.74, 6) is 2.20. The lowest BCUT2D eigenvalue weighted by Gasteiger charge is -2.34. The molecule has 1 aromatic rings. The van der Waals surface area contributed by atoms with Crippen molar-refractivity contribution in [2.75, 3.05) is 7.11 Å². The second kappa shape index (κ2) is 5.54. The van der Waals surface area contributed by atoms with Crippen molar-refractivity contribution in [1.82, 2.24) is 0 Å². The van der Waals surface area contributed by atoms with Gasteiger partial charge in [0.1, 0.15) is 5.75 Å². The maximum Gasteiger partial charge on any atom is 0.118 e. The SMILES string of the molecule is COc1ccc(C2CCCCC2C(C)N)cc1. The van der Waals surface area contributed by atoms with Gasteiger partial charge in [-0.05, 0) is 49.3 Å². The van der Waals surface area contributed by atoms with E-state index in [1.807, 2.05) is 0 Å². The lowest BCUT2D eigenvalue weighted by molar-refractivity contribution is 0.271. The van der Waals surface area contributed by atoms with E-state index in [9.17, 15) is 0 Å². The summed E-state index contributed by atoms with van der Waals surface area (Å²) in [6.07, 6.45) is 5.21. The second-order valence-corrected chi connectivity index (χ2v) is 5.19. The predicted molar refractivity (Wildman–Crippen MR) is 71.3 cm³/mol. The molecule has 3 unspecified atom stereocenters. The monoisotopic (exact) mass is 233 g/mol. The summed E-state index contributed by atoms with van der Waals surface area (Å²) in [6.45, 7) is 2.15. The third-order valence-corrected chi connectivity index (χ3v) is 4.04. The number of hydrogen-bond acceptors (Lipinski definition) is 2. The molecule has 0 aliphatic heterocycles. The molecule has 2 heteroatoms. The van der Waals surface area contributed by atoms with Crippen LogP contribution in [0.15, 0.2) is 24.3 Å². The van der Waals surface area contributed by atoms with E-state index in [4.69, 9.17) is 10.5 Å². The molecule has 1 aliphatic rings. The second-order valence-electron chi connectivity index (χ2n) is 5.19. The number of rotatable bonds is 3. The third kappa shape index (κ3) is 2.81. The minimum absolute atomic E-state index is 0.294. The van der Waals surface area contributed by atoms with Crippen LogP contribution >= 0.6 is 0 Å². The van der Waals surface area contributed by atoms with Crippen molar-refractivity contribution in [2.24, 2.45) is 11.7 Å². The van der Waals surface area contributed by atoms with Gasteiger partial charge in [0.25, 0.3) is 0 Å². The molecule has 0 amide bonds. The van der Waals surface area contributed by atoms with Gasteiger partial charge in [-0.25, -0.2) is 0 Å². The first-order valence-electron chi connectivity index (χ1n) is 6.62. The zero-order chi connectivity index (χ0) is 12.3. The molecular formula is C15H23NO. The highest BCUT2D eigenvalue weighted by Crippen LogP contribution is 2.39. The van der Waals surface area contributed by atoms with Crippen molar-refractivity contribution in [2.45, 2.75) is 44.6 Å². The molecule has 0 saturated heterocycles. The molecule has 1 aliphatic carbocycles. The standard InChI is InChI=1S/C15H23NO/c1-11(16)14-5-3-4-6-15(14)12-7-9-13(17-2)10-8-12/h7-11,14-15H,3-6,16H2,1-2H3. The fraction of sp³-hybridized carbons (Fsp3) is 0.600. The summed E-state index contributed by atoms with van der Waals surface area (Å²) in [6, 6.07) is 8.81. The Morgan fingerprint density at radius 1 is 1.18 bits per heavy atom. The van der Waals surface area contributed by atoms with Crippen molar-refractivity contribution in [3.8, 4) is 5.75 Å². The zero-order valence-corrected chi connectivity index (χ0v) is 10.9. The average Bonchev–Trinajstić information content (AvgIpc) is 2.39. The van der Waals surface area contributed by atoms with Gasteiger partial charge in [0, 0.05) is 6.04 Å². The summed E-state index contributed by atoms with van der Waals surface area (Å²) in [7, 11) is 1.71. The fourth-order valence-electron chi connectivity index (χ4n) is 3.05. The van der Waals surface area contributed by atoms with E-state index in [-0.39, 0.29) is 0 Å². The summed E-state index contributed by atoms with van der Waals surface area (Å²) < 4.78 is 5.21. The van der Waals surface area contributed by atoms with Gasteiger partial charge in [0.05, 0.1) is 7.11 Å². The molecule has 0 bridgehead atoms. The van der Waals surface area contributed by atoms with E-state index in [0.717, 1.165) is 5.75 Å². The van der Waals surface area contributed by atoms with Crippen LogP contribution in [0.3, 0.4) is 0 Å². The minimum Gasteiger partial charge on any atom is -0.497 e. The molecule has 0 radical (unpaired) electrons. The van der Waals surface area contributed by atoms with Crippen LogP contribution in [0.25, 0.3) is 0 Å². The van der Waals surface area contributed by atoms with Gasteiger partial charge in [-0.15, -0.1) is 0 Å². The van der Waals surface area contributed by atoms with E-state index < -0.39 is 0 Å². The summed E-state index contributed by atoms with van der Waals surface area (Å²) in [5, 5.41) is 0. The quantitative estimate of drug-likeness (QED) is 0.869. The van der Waals surface area contributed by atoms with Gasteiger partial charge in [-0.1, -0.05) is 25.0 Å². The molecule has 17 heavy (non-hydrogen) atoms. The Bertz CT molecular complexity index is 344. The van der Waals surface area contributed by atoms with Crippen molar-refractivity contribution in [3.63, 3.8) is 0 Å². The number of nitrogens with two attached hydrogens (primary N) is 1. The molecule has 1 saturated carbocycles. The Hall–Kier alpha value is -1.02. The van der Waals surface area contributed by atoms with Gasteiger partial charge >= 0.3 is 0 Å². The van der Waals surface area contributed by atoms with Gasteiger partial charge in [0.15, 0.2) is 0 Å². The minimum atomic E-state index is 0.294. The molecule has 0 heterocycles. The van der Waals surface area contributed by atoms with Crippen LogP contribution in [0.2, 0.25) is 0 Å². The largest absolute Gasteiger partial charge is 0.497 e. The normalized spacial score (nSPS) is 26.5. The molecule has 1 fully saturated rings. The van der Waals surface area contributed by atoms with Crippen LogP contribution in [0, 0.1) is 5.92 Å². The van der Waals surface area contributed by atoms with Gasteiger partial charge in [0.2, 0.25) is 0 Å². The maximum absolute atomic E-state index is 6.13. The number of benzene rings is 1. The van der Waals surface area contributed by atoms with Crippen LogP contribution in [0.5, 0.6) is 5.75 Å². The van der Waals surface area contributed by atoms with Crippen molar-refractivity contribution < 1.29 is 4.74 Å². The smallest absolute Gasteiger partial charge is 0.118 e.